The first-order chi connectivity index (χ1) is 6.01. The molecule has 0 aromatic carbocycles. The molecule has 0 aromatic heterocycles. The van der Waals surface area contributed by atoms with Crippen molar-refractivity contribution in [2.24, 2.45) is 17.3 Å². The van der Waals surface area contributed by atoms with E-state index in [-0.39, 0.29) is 0 Å². The zero-order chi connectivity index (χ0) is 9.90. The highest BCUT2D eigenvalue weighted by Crippen LogP contribution is 2.37. The second kappa shape index (κ2) is 4.48. The van der Waals surface area contributed by atoms with Crippen molar-refractivity contribution in [3.05, 3.63) is 0 Å². The smallest absolute Gasteiger partial charge is 0.0380 e. The summed E-state index contributed by atoms with van der Waals surface area (Å²) < 4.78 is 0. The minimum atomic E-state index is 0.542. The molecule has 0 heteroatoms. The Hall–Kier alpha value is 0. The zero-order valence-electron chi connectivity index (χ0n) is 9.90. The fraction of sp³-hybridized carbons (Fsp3) is 1.00. The minimum absolute atomic E-state index is 0.542. The molecule has 1 rings (SSSR count). The van der Waals surface area contributed by atoms with Gasteiger partial charge in [-0.3, -0.25) is 0 Å². The first-order valence-corrected chi connectivity index (χ1v) is 6.01. The first-order valence-electron chi connectivity index (χ1n) is 6.01. The van der Waals surface area contributed by atoms with Crippen molar-refractivity contribution in [1.29, 1.82) is 0 Å². The maximum absolute atomic E-state index is 2.38. The van der Waals surface area contributed by atoms with Gasteiger partial charge in [-0.15, -0.1) is 0 Å². The Morgan fingerprint density at radius 3 is 2.23 bits per heavy atom. The van der Waals surface area contributed by atoms with Crippen molar-refractivity contribution >= 4 is 0 Å². The van der Waals surface area contributed by atoms with E-state index >= 15 is 0 Å². The molecule has 0 amide bonds. The lowest BCUT2D eigenvalue weighted by atomic mass is 9.73. The molecule has 2 atom stereocenters. The second-order valence-corrected chi connectivity index (χ2v) is 6.07. The maximum atomic E-state index is 2.38. The highest BCUT2D eigenvalue weighted by Gasteiger charge is 2.24. The first kappa shape index (κ1) is 11.1. The van der Waals surface area contributed by atoms with Crippen LogP contribution in [0, 0.1) is 17.3 Å². The van der Waals surface area contributed by atoms with E-state index < -0.39 is 0 Å². The average molecular weight is 182 g/mol. The van der Waals surface area contributed by atoms with Crippen LogP contribution in [0.4, 0.5) is 0 Å². The summed E-state index contributed by atoms with van der Waals surface area (Å²) in [6.45, 7) is 9.48. The molecular formula is C13H26. The Bertz CT molecular complexity index is 141. The van der Waals surface area contributed by atoms with Crippen LogP contribution >= 0.6 is 0 Å². The maximum Gasteiger partial charge on any atom is -0.0380 e. The summed E-state index contributed by atoms with van der Waals surface area (Å²) in [6, 6.07) is 0. The monoisotopic (exact) mass is 182 g/mol. The average Bonchev–Trinajstić information content (AvgIpc) is 2.01. The van der Waals surface area contributed by atoms with Crippen LogP contribution in [-0.4, -0.2) is 0 Å². The lowest BCUT2D eigenvalue weighted by Gasteiger charge is -2.32. The fourth-order valence-corrected chi connectivity index (χ4v) is 2.82. The van der Waals surface area contributed by atoms with Gasteiger partial charge in [0.2, 0.25) is 0 Å². The molecule has 0 bridgehead atoms. The van der Waals surface area contributed by atoms with Gasteiger partial charge >= 0.3 is 0 Å². The van der Waals surface area contributed by atoms with Crippen molar-refractivity contribution < 1.29 is 0 Å². The second-order valence-electron chi connectivity index (χ2n) is 6.07. The molecule has 0 heterocycles. The summed E-state index contributed by atoms with van der Waals surface area (Å²) >= 11 is 0. The molecule has 0 nitrogen and oxygen atoms in total. The molecule has 1 aliphatic carbocycles. The summed E-state index contributed by atoms with van der Waals surface area (Å²) in [5.41, 5.74) is 0.542. The topological polar surface area (TPSA) is 0 Å². The third-order valence-electron chi connectivity index (χ3n) is 3.37. The van der Waals surface area contributed by atoms with Crippen LogP contribution in [0.25, 0.3) is 0 Å². The standard InChI is InChI=1S/C13H26/c1-5-11-7-6-8-12(9-11)10-13(2,3)4/h11-12H,5-10H2,1-4H3. The third-order valence-corrected chi connectivity index (χ3v) is 3.37. The zero-order valence-corrected chi connectivity index (χ0v) is 9.90. The van der Waals surface area contributed by atoms with Gasteiger partial charge in [-0.2, -0.15) is 0 Å². The van der Waals surface area contributed by atoms with Crippen LogP contribution in [0.2, 0.25) is 0 Å². The van der Waals surface area contributed by atoms with E-state index in [9.17, 15) is 0 Å². The molecule has 78 valence electrons. The van der Waals surface area contributed by atoms with Gasteiger partial charge in [0.1, 0.15) is 0 Å². The van der Waals surface area contributed by atoms with Gasteiger partial charge in [-0.1, -0.05) is 53.4 Å². The predicted octanol–water partition coefficient (Wildman–Crippen LogP) is 4.64. The molecule has 0 aliphatic heterocycles. The molecule has 2 unspecified atom stereocenters. The van der Waals surface area contributed by atoms with Gasteiger partial charge in [0.25, 0.3) is 0 Å². The molecule has 0 radical (unpaired) electrons. The van der Waals surface area contributed by atoms with Gasteiger partial charge in [-0.05, 0) is 30.1 Å². The fourth-order valence-electron chi connectivity index (χ4n) is 2.82. The van der Waals surface area contributed by atoms with Crippen molar-refractivity contribution in [1.82, 2.24) is 0 Å². The van der Waals surface area contributed by atoms with Crippen molar-refractivity contribution in [3.8, 4) is 0 Å². The lowest BCUT2D eigenvalue weighted by molar-refractivity contribution is 0.194. The van der Waals surface area contributed by atoms with Gasteiger partial charge in [0.05, 0.1) is 0 Å². The summed E-state index contributed by atoms with van der Waals surface area (Å²) in [6.07, 6.45) is 8.82. The molecule has 0 aromatic rings. The molecular weight excluding hydrogens is 156 g/mol. The van der Waals surface area contributed by atoms with E-state index in [1.165, 1.54) is 38.5 Å². The predicted molar refractivity (Wildman–Crippen MR) is 59.8 cm³/mol. The van der Waals surface area contributed by atoms with Gasteiger partial charge in [0.15, 0.2) is 0 Å². The van der Waals surface area contributed by atoms with E-state index in [1.54, 1.807) is 0 Å². The summed E-state index contributed by atoms with van der Waals surface area (Å²) in [5, 5.41) is 0. The largest absolute Gasteiger partial charge is 0.0651 e. The van der Waals surface area contributed by atoms with Gasteiger partial charge in [-0.25, -0.2) is 0 Å². The summed E-state index contributed by atoms with van der Waals surface area (Å²) in [5.74, 6) is 2.07. The Balaban J connectivity index is 2.34. The van der Waals surface area contributed by atoms with Crippen LogP contribution in [0.1, 0.15) is 66.2 Å². The molecule has 0 N–H and O–H groups in total. The Kier molecular flexibility index (Phi) is 3.82. The number of rotatable bonds is 2. The number of hydrogen-bond acceptors (Lipinski definition) is 0. The highest BCUT2D eigenvalue weighted by atomic mass is 14.3. The van der Waals surface area contributed by atoms with Crippen molar-refractivity contribution in [2.75, 3.05) is 0 Å². The quantitative estimate of drug-likeness (QED) is 0.583. The molecule has 0 spiro atoms. The van der Waals surface area contributed by atoms with E-state index in [4.69, 9.17) is 0 Å². The minimum Gasteiger partial charge on any atom is -0.0651 e. The molecule has 1 saturated carbocycles. The van der Waals surface area contributed by atoms with E-state index in [0.717, 1.165) is 11.8 Å². The normalized spacial score (nSPS) is 30.5. The Morgan fingerprint density at radius 2 is 1.69 bits per heavy atom. The number of hydrogen-bond donors (Lipinski definition) is 0. The molecule has 1 aliphatic rings. The summed E-state index contributed by atoms with van der Waals surface area (Å²) in [4.78, 5) is 0. The van der Waals surface area contributed by atoms with Crippen LogP contribution in [0.3, 0.4) is 0 Å². The molecule has 1 fully saturated rings. The summed E-state index contributed by atoms with van der Waals surface area (Å²) in [7, 11) is 0. The van der Waals surface area contributed by atoms with Gasteiger partial charge < -0.3 is 0 Å². The molecule has 0 saturated heterocycles. The van der Waals surface area contributed by atoms with Gasteiger partial charge in [0, 0.05) is 0 Å². The van der Waals surface area contributed by atoms with E-state index in [2.05, 4.69) is 27.7 Å². The van der Waals surface area contributed by atoms with Crippen molar-refractivity contribution in [3.63, 3.8) is 0 Å². The van der Waals surface area contributed by atoms with Crippen LogP contribution in [0.15, 0.2) is 0 Å². The van der Waals surface area contributed by atoms with Crippen LogP contribution in [0.5, 0.6) is 0 Å². The Morgan fingerprint density at radius 1 is 1.08 bits per heavy atom. The lowest BCUT2D eigenvalue weighted by Crippen LogP contribution is -2.20. The van der Waals surface area contributed by atoms with E-state index in [1.807, 2.05) is 0 Å². The van der Waals surface area contributed by atoms with Crippen LogP contribution < -0.4 is 0 Å². The Labute approximate surface area is 84.1 Å². The SMILES string of the molecule is CCC1CCCC(CC(C)(C)C)C1. The van der Waals surface area contributed by atoms with E-state index in [0.29, 0.717) is 5.41 Å². The van der Waals surface area contributed by atoms with Crippen molar-refractivity contribution in [2.45, 2.75) is 66.2 Å². The third kappa shape index (κ3) is 4.15. The van der Waals surface area contributed by atoms with Crippen LogP contribution in [-0.2, 0) is 0 Å². The molecule has 13 heavy (non-hydrogen) atoms. The highest BCUT2D eigenvalue weighted by molar-refractivity contribution is 4.76.